The number of amides is 2. The molecule has 1 aromatic carbocycles. The molecule has 0 saturated carbocycles. The summed E-state index contributed by atoms with van der Waals surface area (Å²) in [5, 5.41) is 2.89. The van der Waals surface area contributed by atoms with Gasteiger partial charge >= 0.3 is 6.03 Å². The summed E-state index contributed by atoms with van der Waals surface area (Å²) in [6.45, 7) is 2.03. The number of aromatic nitrogens is 3. The zero-order valence-corrected chi connectivity index (χ0v) is 16.3. The molecule has 7 nitrogen and oxygen atoms in total. The van der Waals surface area contributed by atoms with E-state index < -0.39 is 0 Å². The van der Waals surface area contributed by atoms with Gasteiger partial charge in [-0.3, -0.25) is 4.79 Å². The fourth-order valence-electron chi connectivity index (χ4n) is 4.64. The third kappa shape index (κ3) is 3.38. The number of benzene rings is 1. The molecule has 4 heterocycles. The van der Waals surface area contributed by atoms with E-state index in [2.05, 4.69) is 15.3 Å². The highest BCUT2D eigenvalue weighted by Crippen LogP contribution is 2.35. The molecular formula is C22H22FN5O2. The molecule has 30 heavy (non-hydrogen) atoms. The Balaban J connectivity index is 1.32. The van der Waals surface area contributed by atoms with Gasteiger partial charge in [0.05, 0.1) is 5.56 Å². The van der Waals surface area contributed by atoms with E-state index >= 15 is 0 Å². The summed E-state index contributed by atoms with van der Waals surface area (Å²) in [5.74, 6) is 0.603. The fourth-order valence-corrected chi connectivity index (χ4v) is 4.64. The third-order valence-corrected chi connectivity index (χ3v) is 5.98. The lowest BCUT2D eigenvalue weighted by atomic mass is 9.83. The monoisotopic (exact) mass is 407 g/mol. The molecule has 1 fully saturated rings. The lowest BCUT2D eigenvalue weighted by molar-refractivity contribution is 0.131. The van der Waals surface area contributed by atoms with E-state index in [1.54, 1.807) is 24.5 Å². The molecule has 154 valence electrons. The molecule has 0 spiro atoms. The Morgan fingerprint density at radius 1 is 1.23 bits per heavy atom. The van der Waals surface area contributed by atoms with Crippen molar-refractivity contribution in [3.05, 3.63) is 76.2 Å². The maximum atomic E-state index is 13.3. The van der Waals surface area contributed by atoms with E-state index in [0.717, 1.165) is 17.7 Å². The second-order valence-electron chi connectivity index (χ2n) is 8.02. The number of piperidine rings is 1. The van der Waals surface area contributed by atoms with E-state index in [-0.39, 0.29) is 35.8 Å². The van der Waals surface area contributed by atoms with Crippen molar-refractivity contribution in [1.82, 2.24) is 24.8 Å². The van der Waals surface area contributed by atoms with Crippen molar-refractivity contribution in [1.29, 1.82) is 0 Å². The van der Waals surface area contributed by atoms with Crippen molar-refractivity contribution in [3.63, 3.8) is 0 Å². The minimum atomic E-state index is -0.315. The Hall–Kier alpha value is -3.42. The van der Waals surface area contributed by atoms with Crippen LogP contribution in [-0.4, -0.2) is 38.6 Å². The number of likely N-dealkylation sites (tertiary alicyclic amines) is 1. The van der Waals surface area contributed by atoms with Gasteiger partial charge in [0.1, 0.15) is 11.6 Å². The van der Waals surface area contributed by atoms with Crippen LogP contribution in [0.3, 0.4) is 0 Å². The van der Waals surface area contributed by atoms with Gasteiger partial charge in [-0.25, -0.2) is 14.2 Å². The molecule has 2 aromatic heterocycles. The van der Waals surface area contributed by atoms with Crippen LogP contribution in [0, 0.1) is 11.7 Å². The summed E-state index contributed by atoms with van der Waals surface area (Å²) in [7, 11) is 0. The highest BCUT2D eigenvalue weighted by Gasteiger charge is 2.36. The van der Waals surface area contributed by atoms with Gasteiger partial charge in [0.15, 0.2) is 0 Å². The number of urea groups is 1. The van der Waals surface area contributed by atoms with Gasteiger partial charge < -0.3 is 19.8 Å². The smallest absolute Gasteiger partial charge is 0.317 e. The van der Waals surface area contributed by atoms with Crippen LogP contribution in [0.2, 0.25) is 0 Å². The number of H-pyrrole nitrogens is 1. The zero-order valence-electron chi connectivity index (χ0n) is 16.3. The molecule has 2 bridgehead atoms. The topological polar surface area (TPSA) is 83.0 Å². The van der Waals surface area contributed by atoms with Crippen molar-refractivity contribution < 1.29 is 9.18 Å². The van der Waals surface area contributed by atoms with Crippen molar-refractivity contribution in [3.8, 4) is 11.4 Å². The van der Waals surface area contributed by atoms with Crippen LogP contribution < -0.4 is 10.9 Å². The first-order valence-corrected chi connectivity index (χ1v) is 10.1. The predicted octanol–water partition coefficient (Wildman–Crippen LogP) is 2.71. The van der Waals surface area contributed by atoms with E-state index in [4.69, 9.17) is 0 Å². The Bertz CT molecular complexity index is 1140. The van der Waals surface area contributed by atoms with Crippen molar-refractivity contribution >= 4 is 6.03 Å². The number of nitrogens with one attached hydrogen (secondary N) is 2. The molecule has 3 aromatic rings. The molecule has 0 aliphatic carbocycles. The average Bonchev–Trinajstić information content (AvgIpc) is 3.27. The first-order valence-electron chi connectivity index (χ1n) is 10.1. The van der Waals surface area contributed by atoms with Crippen molar-refractivity contribution in [2.45, 2.75) is 25.4 Å². The largest absolute Gasteiger partial charge is 0.344 e. The number of carbonyl (C=O) groups is 1. The Kier molecular flexibility index (Phi) is 4.61. The summed E-state index contributed by atoms with van der Waals surface area (Å²) in [4.78, 5) is 34.7. The number of rotatable bonds is 3. The van der Waals surface area contributed by atoms with Crippen molar-refractivity contribution in [2.24, 2.45) is 5.92 Å². The highest BCUT2D eigenvalue weighted by atomic mass is 19.1. The normalized spacial score (nSPS) is 20.0. The van der Waals surface area contributed by atoms with Crippen LogP contribution in [0.4, 0.5) is 9.18 Å². The first-order chi connectivity index (χ1) is 14.6. The van der Waals surface area contributed by atoms with Gasteiger partial charge in [-0.05, 0) is 42.2 Å². The Morgan fingerprint density at radius 2 is 2.13 bits per heavy atom. The van der Waals surface area contributed by atoms with Crippen molar-refractivity contribution in [2.75, 3.05) is 13.1 Å². The van der Waals surface area contributed by atoms with Gasteiger partial charge in [0, 0.05) is 50.2 Å². The van der Waals surface area contributed by atoms with Crippen LogP contribution in [0.25, 0.3) is 11.4 Å². The highest BCUT2D eigenvalue weighted by molar-refractivity contribution is 5.74. The van der Waals surface area contributed by atoms with Gasteiger partial charge in [0.25, 0.3) is 5.56 Å². The van der Waals surface area contributed by atoms with E-state index in [0.29, 0.717) is 31.0 Å². The number of aromatic amines is 1. The number of fused-ring (bicyclic) bond motifs is 4. The lowest BCUT2D eigenvalue weighted by Crippen LogP contribution is -2.51. The Morgan fingerprint density at radius 3 is 2.93 bits per heavy atom. The van der Waals surface area contributed by atoms with E-state index in [9.17, 15) is 14.0 Å². The molecule has 0 radical (unpaired) electrons. The van der Waals surface area contributed by atoms with Gasteiger partial charge in [-0.1, -0.05) is 12.1 Å². The molecule has 0 unspecified atom stereocenters. The molecule has 2 atom stereocenters. The quantitative estimate of drug-likeness (QED) is 0.700. The van der Waals surface area contributed by atoms with Gasteiger partial charge in [-0.15, -0.1) is 0 Å². The molecule has 1 saturated heterocycles. The molecule has 2 N–H and O–H groups in total. The number of hydrogen-bond acceptors (Lipinski definition) is 3. The van der Waals surface area contributed by atoms with Crippen LogP contribution in [0.15, 0.2) is 53.6 Å². The summed E-state index contributed by atoms with van der Waals surface area (Å²) >= 11 is 0. The SMILES string of the molecule is O=C(NCc1cccc(F)c1)N1C[C@@H]2C[C@H](C1)c1ccc(-c3ncc[nH]3)c(=O)n1C2. The van der Waals surface area contributed by atoms with Crippen LogP contribution >= 0.6 is 0 Å². The average molecular weight is 407 g/mol. The van der Waals surface area contributed by atoms with Crippen LogP contribution in [-0.2, 0) is 13.1 Å². The standard InChI is InChI=1S/C22H22FN5O2/c23-17-3-1-2-14(9-17)10-26-22(30)27-11-15-8-16(13-27)19-5-4-18(20-24-6-7-25-20)21(29)28(19)12-15/h1-7,9,15-16H,8,10-13H2,(H,24,25)(H,26,30)/t15-,16+/m0/s1. The van der Waals surface area contributed by atoms with Crippen LogP contribution in [0.1, 0.15) is 23.6 Å². The molecule has 5 rings (SSSR count). The fraction of sp³-hybridized carbons (Fsp3) is 0.318. The zero-order chi connectivity index (χ0) is 20.7. The molecule has 2 aliphatic rings. The molecular weight excluding hydrogens is 385 g/mol. The minimum Gasteiger partial charge on any atom is -0.344 e. The second kappa shape index (κ2) is 7.44. The molecule has 2 aliphatic heterocycles. The number of hydrogen-bond donors (Lipinski definition) is 2. The van der Waals surface area contributed by atoms with Crippen LogP contribution in [0.5, 0.6) is 0 Å². The number of carbonyl (C=O) groups excluding carboxylic acids is 1. The maximum absolute atomic E-state index is 13.3. The number of nitrogens with zero attached hydrogens (tertiary/aromatic N) is 3. The maximum Gasteiger partial charge on any atom is 0.317 e. The number of pyridine rings is 1. The van der Waals surface area contributed by atoms with E-state index in [1.165, 1.54) is 12.1 Å². The summed E-state index contributed by atoms with van der Waals surface area (Å²) in [6.07, 6.45) is 4.30. The molecule has 2 amide bonds. The third-order valence-electron chi connectivity index (χ3n) is 5.98. The Labute approximate surface area is 172 Å². The van der Waals surface area contributed by atoms with Gasteiger partial charge in [-0.2, -0.15) is 0 Å². The summed E-state index contributed by atoms with van der Waals surface area (Å²) in [6, 6.07) is 9.86. The number of halogens is 1. The first kappa shape index (κ1) is 18.6. The molecule has 8 heteroatoms. The second-order valence-corrected chi connectivity index (χ2v) is 8.02. The predicted molar refractivity (Wildman–Crippen MR) is 109 cm³/mol. The van der Waals surface area contributed by atoms with E-state index in [1.807, 2.05) is 21.6 Å². The summed E-state index contributed by atoms with van der Waals surface area (Å²) < 4.78 is 15.2. The van der Waals surface area contributed by atoms with Gasteiger partial charge in [0.2, 0.25) is 0 Å². The minimum absolute atomic E-state index is 0.0406. The lowest BCUT2D eigenvalue weighted by Gasteiger charge is -2.42. The number of imidazole rings is 1. The summed E-state index contributed by atoms with van der Waals surface area (Å²) in [5.41, 5.74) is 2.21.